The zero-order valence-electron chi connectivity index (χ0n) is 9.96. The molecule has 0 spiro atoms. The Bertz CT molecular complexity index is 716. The van der Waals surface area contributed by atoms with Crippen molar-refractivity contribution in [1.29, 1.82) is 0 Å². The van der Waals surface area contributed by atoms with Crippen molar-refractivity contribution in [2.45, 2.75) is 0 Å². The average molecular weight is 253 g/mol. The van der Waals surface area contributed by atoms with Crippen LogP contribution in [0.4, 0.5) is 5.69 Å². The predicted molar refractivity (Wildman–Crippen MR) is 71.9 cm³/mol. The van der Waals surface area contributed by atoms with Gasteiger partial charge in [-0.2, -0.15) is 0 Å². The van der Waals surface area contributed by atoms with E-state index in [0.29, 0.717) is 11.4 Å². The number of para-hydroxylation sites is 1. The van der Waals surface area contributed by atoms with Gasteiger partial charge in [0.1, 0.15) is 5.69 Å². The van der Waals surface area contributed by atoms with Gasteiger partial charge >= 0.3 is 5.97 Å². The maximum Gasteiger partial charge on any atom is 0.361 e. The van der Waals surface area contributed by atoms with E-state index in [-0.39, 0.29) is 5.88 Å². The number of esters is 1. The summed E-state index contributed by atoms with van der Waals surface area (Å²) in [6, 6.07) is 12.6. The predicted octanol–water partition coefficient (Wildman–Crippen LogP) is 2.36. The van der Waals surface area contributed by atoms with Crippen molar-refractivity contribution < 1.29 is 9.53 Å². The van der Waals surface area contributed by atoms with Crippen LogP contribution in [0.15, 0.2) is 48.7 Å². The lowest BCUT2D eigenvalue weighted by atomic mass is 10.2. The maximum absolute atomic E-state index is 12.0. The van der Waals surface area contributed by atoms with Crippen LogP contribution in [0.3, 0.4) is 0 Å². The third-order valence-electron chi connectivity index (χ3n) is 2.74. The molecule has 3 N–H and O–H groups in total. The smallest absolute Gasteiger partial charge is 0.361 e. The van der Waals surface area contributed by atoms with Crippen LogP contribution in [-0.4, -0.2) is 15.9 Å². The third kappa shape index (κ3) is 2.13. The van der Waals surface area contributed by atoms with E-state index in [1.165, 1.54) is 6.20 Å². The van der Waals surface area contributed by atoms with E-state index >= 15 is 0 Å². The maximum atomic E-state index is 12.0. The SMILES string of the molecule is Nc1cccnc1OC(=O)c1cc2ccccc2[nH]1. The van der Waals surface area contributed by atoms with Crippen LogP contribution < -0.4 is 10.5 Å². The fourth-order valence-electron chi connectivity index (χ4n) is 1.81. The molecule has 0 fully saturated rings. The van der Waals surface area contributed by atoms with Gasteiger partial charge in [0, 0.05) is 17.1 Å². The van der Waals surface area contributed by atoms with Crippen LogP contribution >= 0.6 is 0 Å². The molecule has 0 radical (unpaired) electrons. The Hall–Kier alpha value is -2.82. The molecule has 0 aliphatic heterocycles. The normalized spacial score (nSPS) is 10.5. The Balaban J connectivity index is 1.90. The molecule has 0 saturated heterocycles. The highest BCUT2D eigenvalue weighted by atomic mass is 16.5. The second-order valence-electron chi connectivity index (χ2n) is 4.06. The molecule has 0 aliphatic rings. The molecule has 2 aromatic heterocycles. The van der Waals surface area contributed by atoms with E-state index in [1.807, 2.05) is 24.3 Å². The summed E-state index contributed by atoms with van der Waals surface area (Å²) < 4.78 is 5.15. The van der Waals surface area contributed by atoms with Gasteiger partial charge in [0.25, 0.3) is 0 Å². The van der Waals surface area contributed by atoms with Gasteiger partial charge in [0.15, 0.2) is 0 Å². The molecule has 94 valence electrons. The number of hydrogen-bond acceptors (Lipinski definition) is 4. The van der Waals surface area contributed by atoms with E-state index in [4.69, 9.17) is 10.5 Å². The Kier molecular flexibility index (Phi) is 2.64. The number of aromatic nitrogens is 2. The van der Waals surface area contributed by atoms with Gasteiger partial charge in [-0.25, -0.2) is 9.78 Å². The Morgan fingerprint density at radius 1 is 1.21 bits per heavy atom. The zero-order chi connectivity index (χ0) is 13.2. The minimum Gasteiger partial charge on any atom is -0.400 e. The number of H-pyrrole nitrogens is 1. The topological polar surface area (TPSA) is 81.0 Å². The quantitative estimate of drug-likeness (QED) is 0.687. The first-order valence-electron chi connectivity index (χ1n) is 5.74. The van der Waals surface area contributed by atoms with Crippen molar-refractivity contribution in [2.24, 2.45) is 0 Å². The number of fused-ring (bicyclic) bond motifs is 1. The molecule has 0 saturated carbocycles. The second kappa shape index (κ2) is 4.45. The number of ether oxygens (including phenoxy) is 1. The van der Waals surface area contributed by atoms with E-state index in [0.717, 1.165) is 10.9 Å². The lowest BCUT2D eigenvalue weighted by molar-refractivity contribution is 0.0723. The number of rotatable bonds is 2. The van der Waals surface area contributed by atoms with Gasteiger partial charge in [-0.1, -0.05) is 18.2 Å². The van der Waals surface area contributed by atoms with Crippen LogP contribution in [0, 0.1) is 0 Å². The molecule has 19 heavy (non-hydrogen) atoms. The minimum atomic E-state index is -0.512. The molecule has 0 bridgehead atoms. The summed E-state index contributed by atoms with van der Waals surface area (Å²) in [4.78, 5) is 18.9. The second-order valence-corrected chi connectivity index (χ2v) is 4.06. The molecule has 0 atom stereocenters. The van der Waals surface area contributed by atoms with Crippen LogP contribution in [0.2, 0.25) is 0 Å². The van der Waals surface area contributed by atoms with E-state index < -0.39 is 5.97 Å². The van der Waals surface area contributed by atoms with Gasteiger partial charge in [-0.15, -0.1) is 0 Å². The van der Waals surface area contributed by atoms with E-state index in [2.05, 4.69) is 9.97 Å². The zero-order valence-corrected chi connectivity index (χ0v) is 9.96. The number of benzene rings is 1. The Labute approximate surface area is 109 Å². The third-order valence-corrected chi connectivity index (χ3v) is 2.74. The van der Waals surface area contributed by atoms with Gasteiger partial charge in [0.05, 0.1) is 5.69 Å². The van der Waals surface area contributed by atoms with Gasteiger partial charge in [0.2, 0.25) is 5.88 Å². The van der Waals surface area contributed by atoms with Crippen molar-refractivity contribution in [2.75, 3.05) is 5.73 Å². The lowest BCUT2D eigenvalue weighted by Crippen LogP contribution is -2.11. The Morgan fingerprint density at radius 3 is 2.84 bits per heavy atom. The van der Waals surface area contributed by atoms with Crippen molar-refractivity contribution in [3.05, 3.63) is 54.4 Å². The fraction of sp³-hybridized carbons (Fsp3) is 0. The number of pyridine rings is 1. The molecular formula is C14H11N3O2. The van der Waals surface area contributed by atoms with Crippen molar-refractivity contribution in [1.82, 2.24) is 9.97 Å². The molecule has 0 unspecified atom stereocenters. The summed E-state index contributed by atoms with van der Waals surface area (Å²) in [5.41, 5.74) is 7.24. The van der Waals surface area contributed by atoms with Crippen LogP contribution in [0.1, 0.15) is 10.5 Å². The summed E-state index contributed by atoms with van der Waals surface area (Å²) in [7, 11) is 0. The van der Waals surface area contributed by atoms with Crippen molar-refractivity contribution in [3.63, 3.8) is 0 Å². The number of anilines is 1. The molecule has 0 amide bonds. The molecule has 5 nitrogen and oxygen atoms in total. The Morgan fingerprint density at radius 2 is 2.05 bits per heavy atom. The molecule has 3 rings (SSSR count). The summed E-state index contributed by atoms with van der Waals surface area (Å²) in [6.07, 6.45) is 1.52. The highest BCUT2D eigenvalue weighted by Gasteiger charge is 2.13. The van der Waals surface area contributed by atoms with E-state index in [9.17, 15) is 4.79 Å². The number of nitrogen functional groups attached to an aromatic ring is 1. The molecule has 3 aromatic rings. The summed E-state index contributed by atoms with van der Waals surface area (Å²) >= 11 is 0. The summed E-state index contributed by atoms with van der Waals surface area (Å²) in [5.74, 6) is -0.396. The number of carbonyl (C=O) groups is 1. The molecule has 5 heteroatoms. The number of nitrogens with zero attached hydrogens (tertiary/aromatic N) is 1. The molecule has 1 aromatic carbocycles. The number of hydrogen-bond donors (Lipinski definition) is 2. The first kappa shape index (κ1) is 11.3. The van der Waals surface area contributed by atoms with Crippen LogP contribution in [0.25, 0.3) is 10.9 Å². The standard InChI is InChI=1S/C14H11N3O2/c15-10-5-3-7-16-13(10)19-14(18)12-8-9-4-1-2-6-11(9)17-12/h1-8,17H,15H2. The first-order valence-corrected chi connectivity index (χ1v) is 5.74. The van der Waals surface area contributed by atoms with Gasteiger partial charge < -0.3 is 15.5 Å². The number of nitrogens with two attached hydrogens (primary N) is 1. The number of aromatic amines is 1. The largest absolute Gasteiger partial charge is 0.400 e. The number of nitrogens with one attached hydrogen (secondary N) is 1. The molecule has 0 aliphatic carbocycles. The minimum absolute atomic E-state index is 0.117. The lowest BCUT2D eigenvalue weighted by Gasteiger charge is -2.03. The fourth-order valence-corrected chi connectivity index (χ4v) is 1.81. The number of carbonyl (C=O) groups excluding carboxylic acids is 1. The summed E-state index contributed by atoms with van der Waals surface area (Å²) in [6.45, 7) is 0. The van der Waals surface area contributed by atoms with Gasteiger partial charge in [-0.3, -0.25) is 0 Å². The van der Waals surface area contributed by atoms with Crippen molar-refractivity contribution >= 4 is 22.6 Å². The van der Waals surface area contributed by atoms with E-state index in [1.54, 1.807) is 18.2 Å². The first-order chi connectivity index (χ1) is 9.24. The monoisotopic (exact) mass is 253 g/mol. The van der Waals surface area contributed by atoms with Crippen LogP contribution in [0.5, 0.6) is 5.88 Å². The average Bonchev–Trinajstić information content (AvgIpc) is 2.85. The summed E-state index contributed by atoms with van der Waals surface area (Å²) in [5, 5.41) is 0.948. The molecular weight excluding hydrogens is 242 g/mol. The van der Waals surface area contributed by atoms with Crippen molar-refractivity contribution in [3.8, 4) is 5.88 Å². The van der Waals surface area contributed by atoms with Crippen LogP contribution in [-0.2, 0) is 0 Å². The highest BCUT2D eigenvalue weighted by molar-refractivity contribution is 5.95. The highest BCUT2D eigenvalue weighted by Crippen LogP contribution is 2.19. The molecule has 2 heterocycles. The van der Waals surface area contributed by atoms with Gasteiger partial charge in [-0.05, 0) is 24.3 Å².